The van der Waals surface area contributed by atoms with Crippen LogP contribution in [-0.4, -0.2) is 21.4 Å². The molecule has 1 saturated carbocycles. The molecule has 3 rings (SSSR count). The number of hydrogen-bond donors (Lipinski definition) is 2. The van der Waals surface area contributed by atoms with Crippen molar-refractivity contribution in [3.8, 4) is 5.69 Å². The molecule has 0 spiro atoms. The van der Waals surface area contributed by atoms with Crippen molar-refractivity contribution in [2.45, 2.75) is 39.5 Å². The summed E-state index contributed by atoms with van der Waals surface area (Å²) >= 11 is 0. The number of H-pyrrole nitrogens is 1. The minimum atomic E-state index is -0.363. The van der Waals surface area contributed by atoms with Crippen molar-refractivity contribution in [1.29, 1.82) is 0 Å². The van der Waals surface area contributed by atoms with Crippen LogP contribution >= 0.6 is 0 Å². The Morgan fingerprint density at radius 3 is 2.64 bits per heavy atom. The average Bonchev–Trinajstić information content (AvgIpc) is 3.39. The number of hydrazone groups is 1. The fourth-order valence-electron chi connectivity index (χ4n) is 2.69. The molecule has 0 radical (unpaired) electrons. The van der Waals surface area contributed by atoms with Gasteiger partial charge < -0.3 is 0 Å². The normalized spacial score (nSPS) is 14.6. The van der Waals surface area contributed by atoms with Gasteiger partial charge in [0.15, 0.2) is 0 Å². The number of nitrogens with zero attached hydrogens (tertiary/aromatic N) is 2. The zero-order valence-electron chi connectivity index (χ0n) is 14.3. The van der Waals surface area contributed by atoms with Crippen molar-refractivity contribution in [3.63, 3.8) is 0 Å². The van der Waals surface area contributed by atoms with Crippen molar-refractivity contribution in [2.24, 2.45) is 11.0 Å². The van der Waals surface area contributed by atoms with Crippen LogP contribution < -0.4 is 11.0 Å². The van der Waals surface area contributed by atoms with Gasteiger partial charge in [-0.25, -0.2) is 14.5 Å². The number of aromatic amines is 1. The maximum atomic E-state index is 13.1. The number of aromatic nitrogens is 2. The standard InChI is InChI=1S/C18H21FN4O2/c1-3-4-15-16(11(2)20-21-17(24)12-5-6-12)18(25)23(22-15)14-9-7-13(19)8-10-14/h7-10,12,22H,3-6H2,1-2H3,(H,21,24)/b20-11+. The molecular weight excluding hydrogens is 323 g/mol. The molecule has 1 aliphatic carbocycles. The third-order valence-electron chi connectivity index (χ3n) is 4.19. The lowest BCUT2D eigenvalue weighted by Gasteiger charge is -2.01. The van der Waals surface area contributed by atoms with Crippen molar-refractivity contribution in [2.75, 3.05) is 0 Å². The fraction of sp³-hybridized carbons (Fsp3) is 0.389. The topological polar surface area (TPSA) is 79.2 Å². The number of rotatable bonds is 6. The van der Waals surface area contributed by atoms with Crippen molar-refractivity contribution < 1.29 is 9.18 Å². The summed E-state index contributed by atoms with van der Waals surface area (Å²) in [5, 5.41) is 7.18. The molecule has 0 atom stereocenters. The van der Waals surface area contributed by atoms with Gasteiger partial charge in [0.05, 0.1) is 17.0 Å². The van der Waals surface area contributed by atoms with Gasteiger partial charge in [-0.15, -0.1) is 0 Å². The number of amides is 1. The molecule has 6 nitrogen and oxygen atoms in total. The second-order valence-electron chi connectivity index (χ2n) is 6.28. The highest BCUT2D eigenvalue weighted by atomic mass is 19.1. The molecule has 132 valence electrons. The van der Waals surface area contributed by atoms with Gasteiger partial charge in [-0.2, -0.15) is 5.10 Å². The highest BCUT2D eigenvalue weighted by molar-refractivity contribution is 6.00. The molecule has 1 aliphatic rings. The predicted molar refractivity (Wildman–Crippen MR) is 93.4 cm³/mol. The Bertz CT molecular complexity index is 860. The Balaban J connectivity index is 1.96. The molecule has 2 aromatic rings. The van der Waals surface area contributed by atoms with E-state index in [1.165, 1.54) is 28.9 Å². The lowest BCUT2D eigenvalue weighted by atomic mass is 10.1. The Morgan fingerprint density at radius 2 is 2.04 bits per heavy atom. The first-order chi connectivity index (χ1) is 12.0. The summed E-state index contributed by atoms with van der Waals surface area (Å²) in [4.78, 5) is 24.6. The van der Waals surface area contributed by atoms with Crippen LogP contribution in [0, 0.1) is 11.7 Å². The third kappa shape index (κ3) is 3.70. The number of nitrogens with one attached hydrogen (secondary N) is 2. The molecule has 0 bridgehead atoms. The molecule has 0 aliphatic heterocycles. The third-order valence-corrected chi connectivity index (χ3v) is 4.19. The van der Waals surface area contributed by atoms with Crippen LogP contribution in [0.1, 0.15) is 44.4 Å². The molecule has 0 unspecified atom stereocenters. The van der Waals surface area contributed by atoms with E-state index in [-0.39, 0.29) is 23.2 Å². The van der Waals surface area contributed by atoms with Crippen LogP contribution in [0.5, 0.6) is 0 Å². The molecule has 1 heterocycles. The zero-order chi connectivity index (χ0) is 18.0. The number of aryl methyl sites for hydroxylation is 1. The van der Waals surface area contributed by atoms with E-state index in [4.69, 9.17) is 0 Å². The van der Waals surface area contributed by atoms with Crippen molar-refractivity contribution in [3.05, 3.63) is 51.7 Å². The highest BCUT2D eigenvalue weighted by Crippen LogP contribution is 2.28. The van der Waals surface area contributed by atoms with Crippen molar-refractivity contribution >= 4 is 11.6 Å². The van der Waals surface area contributed by atoms with E-state index >= 15 is 0 Å². The summed E-state index contributed by atoms with van der Waals surface area (Å²) in [6, 6.07) is 5.68. The van der Waals surface area contributed by atoms with Gasteiger partial charge in [-0.05, 0) is 50.5 Å². The van der Waals surface area contributed by atoms with Crippen LogP contribution in [0.15, 0.2) is 34.2 Å². The molecule has 1 aromatic heterocycles. The Labute approximate surface area is 144 Å². The van der Waals surface area contributed by atoms with Gasteiger partial charge in [0.2, 0.25) is 5.91 Å². The van der Waals surface area contributed by atoms with E-state index in [1.807, 2.05) is 6.92 Å². The Morgan fingerprint density at radius 1 is 1.36 bits per heavy atom. The highest BCUT2D eigenvalue weighted by Gasteiger charge is 2.29. The second kappa shape index (κ2) is 7.04. The summed E-state index contributed by atoms with van der Waals surface area (Å²) in [5.74, 6) is -0.419. The quantitative estimate of drug-likeness (QED) is 0.624. The molecular formula is C18H21FN4O2. The van der Waals surface area contributed by atoms with Gasteiger partial charge in [-0.1, -0.05) is 13.3 Å². The second-order valence-corrected chi connectivity index (χ2v) is 6.28. The van der Waals surface area contributed by atoms with E-state index in [0.717, 1.165) is 25.0 Å². The number of benzene rings is 1. The van der Waals surface area contributed by atoms with Gasteiger partial charge >= 0.3 is 0 Å². The average molecular weight is 344 g/mol. The molecule has 2 N–H and O–H groups in total. The van der Waals surface area contributed by atoms with Crippen LogP contribution in [0.25, 0.3) is 5.69 Å². The number of carbonyl (C=O) groups excluding carboxylic acids is 1. The largest absolute Gasteiger partial charge is 0.294 e. The van der Waals surface area contributed by atoms with Gasteiger partial charge in [0.25, 0.3) is 5.56 Å². The monoisotopic (exact) mass is 344 g/mol. The Kier molecular flexibility index (Phi) is 4.83. The first-order valence-electron chi connectivity index (χ1n) is 8.45. The maximum Gasteiger partial charge on any atom is 0.280 e. The minimum absolute atomic E-state index is 0.0498. The SMILES string of the molecule is CCCc1[nH]n(-c2ccc(F)cc2)c(=O)c1/C(C)=N/NC(=O)C1CC1. The molecule has 1 amide bonds. The van der Waals surface area contributed by atoms with Crippen LogP contribution in [0.4, 0.5) is 4.39 Å². The molecule has 1 aromatic carbocycles. The molecule has 7 heteroatoms. The summed E-state index contributed by atoms with van der Waals surface area (Å²) in [6.07, 6.45) is 3.30. The van der Waals surface area contributed by atoms with Crippen LogP contribution in [0.3, 0.4) is 0 Å². The fourth-order valence-corrected chi connectivity index (χ4v) is 2.69. The van der Waals surface area contributed by atoms with E-state index < -0.39 is 0 Å². The summed E-state index contributed by atoms with van der Waals surface area (Å²) in [5.41, 5.74) is 4.47. The Hall–Kier alpha value is -2.70. The minimum Gasteiger partial charge on any atom is -0.294 e. The van der Waals surface area contributed by atoms with Gasteiger partial charge in [0, 0.05) is 11.6 Å². The van der Waals surface area contributed by atoms with Crippen LogP contribution in [0.2, 0.25) is 0 Å². The summed E-state index contributed by atoms with van der Waals surface area (Å²) < 4.78 is 14.5. The molecule has 1 fully saturated rings. The lowest BCUT2D eigenvalue weighted by Crippen LogP contribution is -2.24. The number of hydrogen-bond acceptors (Lipinski definition) is 3. The van der Waals surface area contributed by atoms with Crippen LogP contribution in [-0.2, 0) is 11.2 Å². The lowest BCUT2D eigenvalue weighted by molar-refractivity contribution is -0.122. The zero-order valence-corrected chi connectivity index (χ0v) is 14.3. The summed E-state index contributed by atoms with van der Waals surface area (Å²) in [7, 11) is 0. The molecule has 25 heavy (non-hydrogen) atoms. The first-order valence-corrected chi connectivity index (χ1v) is 8.45. The summed E-state index contributed by atoms with van der Waals surface area (Å²) in [6.45, 7) is 3.71. The first kappa shape index (κ1) is 17.1. The van der Waals surface area contributed by atoms with Crippen molar-refractivity contribution in [1.82, 2.24) is 15.2 Å². The predicted octanol–water partition coefficient (Wildman–Crippen LogP) is 2.51. The maximum absolute atomic E-state index is 13.1. The van der Waals surface area contributed by atoms with Gasteiger partial charge in [-0.3, -0.25) is 14.7 Å². The van der Waals surface area contributed by atoms with E-state index in [2.05, 4.69) is 15.6 Å². The number of carbonyl (C=O) groups is 1. The number of halogens is 1. The smallest absolute Gasteiger partial charge is 0.280 e. The van der Waals surface area contributed by atoms with Gasteiger partial charge in [0.1, 0.15) is 5.82 Å². The molecule has 0 saturated heterocycles. The van der Waals surface area contributed by atoms with E-state index in [1.54, 1.807) is 6.92 Å². The van der Waals surface area contributed by atoms with E-state index in [0.29, 0.717) is 23.4 Å². The van der Waals surface area contributed by atoms with E-state index in [9.17, 15) is 14.0 Å².